The summed E-state index contributed by atoms with van der Waals surface area (Å²) in [6, 6.07) is 8.04. The van der Waals surface area contributed by atoms with E-state index in [1.165, 1.54) is 89.0 Å². The van der Waals surface area contributed by atoms with Gasteiger partial charge in [-0.05, 0) is 38.3 Å². The minimum Gasteiger partial charge on any atom is -0.497 e. The summed E-state index contributed by atoms with van der Waals surface area (Å²) in [6.45, 7) is 9.61. The lowest BCUT2D eigenvalue weighted by atomic mass is 10.0. The molecule has 1 fully saturated rings. The second kappa shape index (κ2) is 20.9. The van der Waals surface area contributed by atoms with Gasteiger partial charge in [-0.3, -0.25) is 4.90 Å². The number of benzene rings is 1. The van der Waals surface area contributed by atoms with E-state index in [1.54, 1.807) is 21.3 Å². The van der Waals surface area contributed by atoms with Crippen molar-refractivity contribution in [2.45, 2.75) is 117 Å². The van der Waals surface area contributed by atoms with E-state index in [0.717, 1.165) is 54.5 Å². The summed E-state index contributed by atoms with van der Waals surface area (Å²) in [6.07, 6.45) is 19.9. The molecule has 0 saturated carbocycles. The topological polar surface area (TPSA) is 67.4 Å². The van der Waals surface area contributed by atoms with Crippen LogP contribution in [0.1, 0.15) is 115 Å². The van der Waals surface area contributed by atoms with Crippen LogP contribution in [-0.4, -0.2) is 70.0 Å². The SMILES string of the molecule is CCCCCCCCCCCCCCCCc1cc(N(CC)C(=O)N2CCN(c3cc(OC)cc(OC)c3)CC2)c(OC)nc1C. The summed E-state index contributed by atoms with van der Waals surface area (Å²) in [5.41, 5.74) is 3.99. The molecule has 258 valence electrons. The Bertz CT molecular complexity index is 1140. The zero-order chi connectivity index (χ0) is 33.1. The predicted molar refractivity (Wildman–Crippen MR) is 191 cm³/mol. The van der Waals surface area contributed by atoms with Gasteiger partial charge in [0.25, 0.3) is 0 Å². The third-order valence-corrected chi connectivity index (χ3v) is 9.35. The number of anilines is 2. The lowest BCUT2D eigenvalue weighted by molar-refractivity contribution is 0.201. The fourth-order valence-corrected chi connectivity index (χ4v) is 6.43. The Morgan fingerprint density at radius 2 is 1.24 bits per heavy atom. The van der Waals surface area contributed by atoms with Crippen LogP contribution in [0.15, 0.2) is 24.3 Å². The van der Waals surface area contributed by atoms with Gasteiger partial charge < -0.3 is 24.0 Å². The van der Waals surface area contributed by atoms with E-state index in [-0.39, 0.29) is 6.03 Å². The third-order valence-electron chi connectivity index (χ3n) is 9.35. The Kier molecular flexibility index (Phi) is 16.9. The number of carbonyl (C=O) groups is 1. The standard InChI is InChI=1S/C38H62N4O4/c1-7-9-10-11-12-13-14-15-16-17-18-19-20-21-22-32-27-36(37(46-6)39-31(32)3)42(8-2)38(43)41-25-23-40(24-26-41)33-28-34(44-4)30-35(29-33)45-5/h27-30H,7-26H2,1-6H3. The van der Waals surface area contributed by atoms with E-state index >= 15 is 0 Å². The van der Waals surface area contributed by atoms with E-state index in [4.69, 9.17) is 19.2 Å². The molecule has 2 heterocycles. The Morgan fingerprint density at radius 1 is 0.717 bits per heavy atom. The van der Waals surface area contributed by atoms with Gasteiger partial charge in [0.2, 0.25) is 5.88 Å². The van der Waals surface area contributed by atoms with Crippen LogP contribution in [0, 0.1) is 6.92 Å². The normalized spacial score (nSPS) is 13.2. The highest BCUT2D eigenvalue weighted by Gasteiger charge is 2.28. The second-order valence-electron chi connectivity index (χ2n) is 12.7. The van der Waals surface area contributed by atoms with Gasteiger partial charge in [-0.1, -0.05) is 90.4 Å². The highest BCUT2D eigenvalue weighted by molar-refractivity contribution is 5.93. The zero-order valence-electron chi connectivity index (χ0n) is 29.9. The molecule has 46 heavy (non-hydrogen) atoms. The molecular weight excluding hydrogens is 576 g/mol. The minimum absolute atomic E-state index is 0.00299. The largest absolute Gasteiger partial charge is 0.497 e. The highest BCUT2D eigenvalue weighted by atomic mass is 16.5. The molecule has 1 aromatic carbocycles. The number of ether oxygens (including phenoxy) is 3. The maximum absolute atomic E-state index is 13.8. The van der Waals surface area contributed by atoms with Crippen molar-refractivity contribution in [3.05, 3.63) is 35.5 Å². The quantitative estimate of drug-likeness (QED) is 0.127. The molecule has 1 aliphatic heterocycles. The number of amides is 2. The van der Waals surface area contributed by atoms with Crippen LogP contribution in [0.2, 0.25) is 0 Å². The van der Waals surface area contributed by atoms with Gasteiger partial charge >= 0.3 is 6.03 Å². The van der Waals surface area contributed by atoms with E-state index in [0.29, 0.717) is 25.5 Å². The van der Waals surface area contributed by atoms with Gasteiger partial charge in [-0.15, -0.1) is 0 Å². The van der Waals surface area contributed by atoms with Crippen molar-refractivity contribution in [1.82, 2.24) is 9.88 Å². The number of unbranched alkanes of at least 4 members (excludes halogenated alkanes) is 13. The van der Waals surface area contributed by atoms with Gasteiger partial charge in [-0.25, -0.2) is 9.78 Å². The van der Waals surface area contributed by atoms with Gasteiger partial charge in [0.1, 0.15) is 17.2 Å². The number of rotatable bonds is 21. The predicted octanol–water partition coefficient (Wildman–Crippen LogP) is 9.21. The Morgan fingerprint density at radius 3 is 1.72 bits per heavy atom. The molecule has 0 unspecified atom stereocenters. The van der Waals surface area contributed by atoms with Crippen molar-refractivity contribution in [1.29, 1.82) is 0 Å². The molecule has 8 heteroatoms. The van der Waals surface area contributed by atoms with E-state index in [2.05, 4.69) is 24.8 Å². The summed E-state index contributed by atoms with van der Waals surface area (Å²) in [4.78, 5) is 24.7. The number of hydrogen-bond acceptors (Lipinski definition) is 6. The molecule has 0 spiro atoms. The number of urea groups is 1. The van der Waals surface area contributed by atoms with E-state index in [9.17, 15) is 4.79 Å². The number of piperazine rings is 1. The fourth-order valence-electron chi connectivity index (χ4n) is 6.43. The van der Waals surface area contributed by atoms with Crippen molar-refractivity contribution in [2.24, 2.45) is 0 Å². The Hall–Kier alpha value is -3.16. The van der Waals surface area contributed by atoms with Crippen molar-refractivity contribution in [3.63, 3.8) is 0 Å². The van der Waals surface area contributed by atoms with Gasteiger partial charge in [-0.2, -0.15) is 0 Å². The summed E-state index contributed by atoms with van der Waals surface area (Å²) in [5.74, 6) is 2.03. The van der Waals surface area contributed by atoms with Crippen LogP contribution >= 0.6 is 0 Å². The van der Waals surface area contributed by atoms with Crippen LogP contribution in [0.25, 0.3) is 0 Å². The first-order chi connectivity index (χ1) is 22.4. The second-order valence-corrected chi connectivity index (χ2v) is 12.7. The maximum Gasteiger partial charge on any atom is 0.324 e. The molecule has 0 aliphatic carbocycles. The minimum atomic E-state index is -0.00299. The molecule has 2 amide bonds. The number of aromatic nitrogens is 1. The smallest absolute Gasteiger partial charge is 0.324 e. The average Bonchev–Trinajstić information content (AvgIpc) is 3.09. The van der Waals surface area contributed by atoms with Crippen molar-refractivity contribution in [2.75, 3.05) is 63.9 Å². The first-order valence-electron chi connectivity index (χ1n) is 18.0. The van der Waals surface area contributed by atoms with Gasteiger partial charge in [0, 0.05) is 62.3 Å². The van der Waals surface area contributed by atoms with E-state index < -0.39 is 0 Å². The highest BCUT2D eigenvalue weighted by Crippen LogP contribution is 2.32. The summed E-state index contributed by atoms with van der Waals surface area (Å²) in [7, 11) is 4.96. The Balaban J connectivity index is 1.47. The maximum atomic E-state index is 13.8. The van der Waals surface area contributed by atoms with Gasteiger partial charge in [0.15, 0.2) is 0 Å². The molecular formula is C38H62N4O4. The lowest BCUT2D eigenvalue weighted by Crippen LogP contribution is -2.53. The summed E-state index contributed by atoms with van der Waals surface area (Å²) >= 11 is 0. The molecule has 0 N–H and O–H groups in total. The first-order valence-corrected chi connectivity index (χ1v) is 18.0. The number of carbonyl (C=O) groups excluding carboxylic acids is 1. The van der Waals surface area contributed by atoms with Gasteiger partial charge in [0.05, 0.1) is 21.3 Å². The molecule has 2 aromatic rings. The van der Waals surface area contributed by atoms with Crippen LogP contribution in [-0.2, 0) is 6.42 Å². The zero-order valence-corrected chi connectivity index (χ0v) is 29.9. The summed E-state index contributed by atoms with van der Waals surface area (Å²) in [5, 5.41) is 0. The average molecular weight is 639 g/mol. The lowest BCUT2D eigenvalue weighted by Gasteiger charge is -2.38. The van der Waals surface area contributed by atoms with Crippen LogP contribution < -0.4 is 24.0 Å². The van der Waals surface area contributed by atoms with Crippen LogP contribution in [0.5, 0.6) is 17.4 Å². The molecule has 1 aromatic heterocycles. The van der Waals surface area contributed by atoms with E-state index in [1.807, 2.05) is 34.9 Å². The number of methoxy groups -OCH3 is 3. The van der Waals surface area contributed by atoms with Crippen molar-refractivity contribution >= 4 is 17.4 Å². The number of aryl methyl sites for hydroxylation is 2. The number of hydrogen-bond donors (Lipinski definition) is 0. The molecule has 0 bridgehead atoms. The third kappa shape index (κ3) is 11.6. The molecule has 0 radical (unpaired) electrons. The molecule has 1 saturated heterocycles. The first kappa shape index (κ1) is 37.3. The van der Waals surface area contributed by atoms with Crippen molar-refractivity contribution < 1.29 is 19.0 Å². The molecule has 1 aliphatic rings. The molecule has 3 rings (SSSR count). The summed E-state index contributed by atoms with van der Waals surface area (Å²) < 4.78 is 16.6. The number of pyridine rings is 1. The fraction of sp³-hybridized carbons (Fsp3) is 0.684. The van der Waals surface area contributed by atoms with Crippen LogP contribution in [0.4, 0.5) is 16.2 Å². The Labute approximate surface area is 279 Å². The van der Waals surface area contributed by atoms with Crippen molar-refractivity contribution in [3.8, 4) is 17.4 Å². The van der Waals surface area contributed by atoms with Crippen LogP contribution in [0.3, 0.4) is 0 Å². The molecule has 8 nitrogen and oxygen atoms in total. The monoisotopic (exact) mass is 638 g/mol. The number of nitrogens with zero attached hydrogens (tertiary/aromatic N) is 4. The molecule has 0 atom stereocenters.